The van der Waals surface area contributed by atoms with Crippen LogP contribution in [0.5, 0.6) is 0 Å². The number of rotatable bonds is 2. The van der Waals surface area contributed by atoms with Gasteiger partial charge in [-0.2, -0.15) is 0 Å². The maximum Gasteiger partial charge on any atom is -0.00928 e. The van der Waals surface area contributed by atoms with Crippen LogP contribution >= 0.6 is 0 Å². The van der Waals surface area contributed by atoms with Gasteiger partial charge in [-0.15, -0.1) is 0 Å². The van der Waals surface area contributed by atoms with Crippen LogP contribution in [-0.4, -0.2) is 0 Å². The van der Waals surface area contributed by atoms with Crippen LogP contribution in [-0.2, 0) is 0 Å². The van der Waals surface area contributed by atoms with Crippen molar-refractivity contribution < 1.29 is 0 Å². The first-order valence-electron chi connectivity index (χ1n) is 16.0. The molecule has 0 amide bonds. The van der Waals surface area contributed by atoms with Crippen LogP contribution in [0, 0.1) is 0 Å². The summed E-state index contributed by atoms with van der Waals surface area (Å²) in [6.45, 7) is 0. The quantitative estimate of drug-likeness (QED) is 0.178. The number of fused-ring (bicyclic) bond motifs is 13. The second-order valence-corrected chi connectivity index (χ2v) is 12.4. The standard InChI is InChI=1S/C46H28/c1-2-12-33-30(11-1)25-32(29-21-23-42-38-17-5-3-13-34(38)36-15-7-9-19-40(36)45(42)26-29)28-44(33)31-22-24-43-39-18-6-4-14-35(39)37-16-8-10-20-41(37)46(43)27-31/h1-28H. The highest BCUT2D eigenvalue weighted by Crippen LogP contribution is 2.41. The Morgan fingerprint density at radius 1 is 0.196 bits per heavy atom. The Bertz CT molecular complexity index is 2780. The van der Waals surface area contributed by atoms with Crippen molar-refractivity contribution in [1.29, 1.82) is 0 Å². The lowest BCUT2D eigenvalue weighted by molar-refractivity contribution is 1.66. The third kappa shape index (κ3) is 3.68. The van der Waals surface area contributed by atoms with E-state index in [0.29, 0.717) is 0 Å². The highest BCUT2D eigenvalue weighted by atomic mass is 14.2. The summed E-state index contributed by atoms with van der Waals surface area (Å²) < 4.78 is 0. The molecule has 10 rings (SSSR count). The van der Waals surface area contributed by atoms with Crippen molar-refractivity contribution in [3.63, 3.8) is 0 Å². The van der Waals surface area contributed by atoms with Crippen LogP contribution in [0.2, 0.25) is 0 Å². The van der Waals surface area contributed by atoms with Crippen molar-refractivity contribution in [2.45, 2.75) is 0 Å². The van der Waals surface area contributed by atoms with E-state index in [1.807, 2.05) is 0 Å². The molecule has 0 heterocycles. The van der Waals surface area contributed by atoms with Crippen LogP contribution in [0.25, 0.3) is 97.7 Å². The van der Waals surface area contributed by atoms with Crippen molar-refractivity contribution in [3.8, 4) is 22.3 Å². The van der Waals surface area contributed by atoms with E-state index in [4.69, 9.17) is 0 Å². The van der Waals surface area contributed by atoms with Gasteiger partial charge < -0.3 is 0 Å². The molecule has 0 aliphatic rings. The minimum atomic E-state index is 1.23. The molecular formula is C46H28. The van der Waals surface area contributed by atoms with E-state index < -0.39 is 0 Å². The minimum absolute atomic E-state index is 1.23. The van der Waals surface area contributed by atoms with Gasteiger partial charge in [-0.05, 0) is 122 Å². The first-order chi connectivity index (χ1) is 22.8. The maximum atomic E-state index is 2.41. The molecule has 10 aromatic rings. The molecule has 46 heavy (non-hydrogen) atoms. The third-order valence-electron chi connectivity index (χ3n) is 9.99. The maximum absolute atomic E-state index is 2.41. The summed E-state index contributed by atoms with van der Waals surface area (Å²) in [6.07, 6.45) is 0. The highest BCUT2D eigenvalue weighted by Gasteiger charge is 2.14. The lowest BCUT2D eigenvalue weighted by Crippen LogP contribution is -1.88. The normalized spacial score (nSPS) is 11.9. The second-order valence-electron chi connectivity index (χ2n) is 12.4. The van der Waals surface area contributed by atoms with Crippen molar-refractivity contribution in [2.75, 3.05) is 0 Å². The molecule has 0 aliphatic carbocycles. The number of benzene rings is 10. The van der Waals surface area contributed by atoms with Gasteiger partial charge in [0.2, 0.25) is 0 Å². The molecule has 10 aromatic carbocycles. The monoisotopic (exact) mass is 580 g/mol. The van der Waals surface area contributed by atoms with Crippen LogP contribution in [0.4, 0.5) is 0 Å². The Labute approximate surface area is 266 Å². The van der Waals surface area contributed by atoms with E-state index in [1.54, 1.807) is 0 Å². The van der Waals surface area contributed by atoms with Crippen molar-refractivity contribution >= 4 is 75.4 Å². The van der Waals surface area contributed by atoms with Crippen LogP contribution < -0.4 is 0 Å². The molecule has 0 nitrogen and oxygen atoms in total. The summed E-state index contributed by atoms with van der Waals surface area (Å²) in [7, 11) is 0. The van der Waals surface area contributed by atoms with Gasteiger partial charge in [-0.1, -0.05) is 146 Å². The fourth-order valence-corrected chi connectivity index (χ4v) is 7.88. The summed E-state index contributed by atoms with van der Waals surface area (Å²) in [5, 5.41) is 18.1. The van der Waals surface area contributed by atoms with Crippen molar-refractivity contribution in [1.82, 2.24) is 0 Å². The van der Waals surface area contributed by atoms with E-state index >= 15 is 0 Å². The molecule has 0 aromatic heterocycles. The molecule has 0 aliphatic heterocycles. The smallest absolute Gasteiger partial charge is 0.00928 e. The number of hydrogen-bond acceptors (Lipinski definition) is 0. The molecule has 212 valence electrons. The molecular weight excluding hydrogens is 553 g/mol. The van der Waals surface area contributed by atoms with Gasteiger partial charge in [0.25, 0.3) is 0 Å². The molecule has 0 fully saturated rings. The molecule has 0 spiro atoms. The Hall–Kier alpha value is -5.98. The summed E-state index contributed by atoms with van der Waals surface area (Å²) in [5.41, 5.74) is 4.97. The SMILES string of the molecule is c1ccc2c(-c3ccc4c5ccccc5c5ccccc5c4c3)cc(-c3ccc4c5ccccc5c5ccccc5c4c3)cc2c1. The zero-order valence-corrected chi connectivity index (χ0v) is 25.2. The van der Waals surface area contributed by atoms with E-state index in [1.165, 1.54) is 97.7 Å². The van der Waals surface area contributed by atoms with Crippen molar-refractivity contribution in [2.24, 2.45) is 0 Å². The van der Waals surface area contributed by atoms with Crippen LogP contribution in [0.3, 0.4) is 0 Å². The molecule has 0 saturated carbocycles. The largest absolute Gasteiger partial charge is 0.0616 e. The fourth-order valence-electron chi connectivity index (χ4n) is 7.88. The lowest BCUT2D eigenvalue weighted by atomic mass is 9.88. The molecule has 0 saturated heterocycles. The fraction of sp³-hybridized carbons (Fsp3) is 0. The van der Waals surface area contributed by atoms with E-state index in [0.717, 1.165) is 0 Å². The first-order valence-corrected chi connectivity index (χ1v) is 16.0. The van der Waals surface area contributed by atoms with Gasteiger partial charge in [-0.3, -0.25) is 0 Å². The Balaban J connectivity index is 1.24. The molecule has 0 atom stereocenters. The van der Waals surface area contributed by atoms with Crippen LogP contribution in [0.1, 0.15) is 0 Å². The highest BCUT2D eigenvalue weighted by molar-refractivity contribution is 6.27. The molecule has 0 N–H and O–H groups in total. The second kappa shape index (κ2) is 9.76. The molecule has 0 heteroatoms. The molecule has 0 bridgehead atoms. The zero-order chi connectivity index (χ0) is 30.2. The van der Waals surface area contributed by atoms with E-state index in [-0.39, 0.29) is 0 Å². The van der Waals surface area contributed by atoms with E-state index in [2.05, 4.69) is 170 Å². The third-order valence-corrected chi connectivity index (χ3v) is 9.99. The number of hydrogen-bond donors (Lipinski definition) is 0. The van der Waals surface area contributed by atoms with Gasteiger partial charge in [0, 0.05) is 0 Å². The average Bonchev–Trinajstić information content (AvgIpc) is 3.14. The summed E-state index contributed by atoms with van der Waals surface area (Å²) >= 11 is 0. The van der Waals surface area contributed by atoms with E-state index in [9.17, 15) is 0 Å². The summed E-state index contributed by atoms with van der Waals surface area (Å²) in [4.78, 5) is 0. The van der Waals surface area contributed by atoms with Gasteiger partial charge in [-0.25, -0.2) is 0 Å². The first kappa shape index (κ1) is 25.4. The zero-order valence-electron chi connectivity index (χ0n) is 25.2. The predicted molar refractivity (Wildman–Crippen MR) is 200 cm³/mol. The van der Waals surface area contributed by atoms with Crippen molar-refractivity contribution in [3.05, 3.63) is 170 Å². The summed E-state index contributed by atoms with van der Waals surface area (Å²) in [6, 6.07) is 62.9. The lowest BCUT2D eigenvalue weighted by Gasteiger charge is -2.15. The van der Waals surface area contributed by atoms with Gasteiger partial charge >= 0.3 is 0 Å². The molecule has 0 radical (unpaired) electrons. The van der Waals surface area contributed by atoms with Gasteiger partial charge in [0.1, 0.15) is 0 Å². The minimum Gasteiger partial charge on any atom is -0.0616 e. The van der Waals surface area contributed by atoms with Crippen LogP contribution in [0.15, 0.2) is 170 Å². The van der Waals surface area contributed by atoms with Gasteiger partial charge in [0.05, 0.1) is 0 Å². The Morgan fingerprint density at radius 2 is 0.543 bits per heavy atom. The Morgan fingerprint density at radius 3 is 1.02 bits per heavy atom. The predicted octanol–water partition coefficient (Wildman–Crippen LogP) is 13.1. The average molecular weight is 581 g/mol. The molecule has 0 unspecified atom stereocenters. The summed E-state index contributed by atoms with van der Waals surface area (Å²) in [5.74, 6) is 0. The Kier molecular flexibility index (Phi) is 5.38. The topological polar surface area (TPSA) is 0 Å². The van der Waals surface area contributed by atoms with Gasteiger partial charge in [0.15, 0.2) is 0 Å².